The Kier molecular flexibility index (Phi) is 5.45. The summed E-state index contributed by atoms with van der Waals surface area (Å²) >= 11 is 6.72. The number of halogens is 2. The molecule has 0 radical (unpaired) electrons. The molecule has 0 heterocycles. The number of rotatable bonds is 6. The molecule has 2 rings (SSSR count). The van der Waals surface area contributed by atoms with Gasteiger partial charge in [0.1, 0.15) is 0 Å². The molecule has 0 aliphatic heterocycles. The lowest BCUT2D eigenvalue weighted by Crippen LogP contribution is -2.44. The van der Waals surface area contributed by atoms with Gasteiger partial charge in [-0.2, -0.15) is 4.31 Å². The van der Waals surface area contributed by atoms with E-state index >= 15 is 0 Å². The fourth-order valence-corrected chi connectivity index (χ4v) is 5.11. The minimum atomic E-state index is -3.40. The van der Waals surface area contributed by atoms with Gasteiger partial charge in [0.15, 0.2) is 0 Å². The summed E-state index contributed by atoms with van der Waals surface area (Å²) in [5, 5.41) is 0.821. The fourth-order valence-electron chi connectivity index (χ4n) is 2.17. The number of alkyl halides is 1. The first-order valence-corrected chi connectivity index (χ1v) is 9.75. The molecule has 1 aromatic rings. The summed E-state index contributed by atoms with van der Waals surface area (Å²) in [6.07, 6.45) is 3.92. The van der Waals surface area contributed by atoms with Gasteiger partial charge in [-0.3, -0.25) is 0 Å². The highest BCUT2D eigenvalue weighted by molar-refractivity contribution is 9.10. The summed E-state index contributed by atoms with van der Waals surface area (Å²) < 4.78 is 27.9. The van der Waals surface area contributed by atoms with E-state index in [4.69, 9.17) is 0 Å². The average molecular weight is 411 g/mol. The summed E-state index contributed by atoms with van der Waals surface area (Å²) in [7, 11) is -3.40. The predicted molar refractivity (Wildman–Crippen MR) is 84.1 cm³/mol. The van der Waals surface area contributed by atoms with Gasteiger partial charge in [-0.25, -0.2) is 8.42 Å². The van der Waals surface area contributed by atoms with Crippen molar-refractivity contribution in [1.82, 2.24) is 4.31 Å². The summed E-state index contributed by atoms with van der Waals surface area (Å²) in [5.41, 5.74) is 0. The van der Waals surface area contributed by atoms with Crippen molar-refractivity contribution in [1.29, 1.82) is 0 Å². The van der Waals surface area contributed by atoms with Gasteiger partial charge in [-0.05, 0) is 47.3 Å². The van der Waals surface area contributed by atoms with Crippen molar-refractivity contribution in [3.8, 4) is 0 Å². The van der Waals surface area contributed by atoms with E-state index in [1.165, 1.54) is 0 Å². The van der Waals surface area contributed by atoms with E-state index in [0.29, 0.717) is 15.9 Å². The quantitative estimate of drug-likeness (QED) is 0.669. The van der Waals surface area contributed by atoms with Crippen molar-refractivity contribution in [2.45, 2.75) is 36.6 Å². The van der Waals surface area contributed by atoms with Gasteiger partial charge in [0.05, 0.1) is 4.90 Å². The molecule has 1 fully saturated rings. The first-order chi connectivity index (χ1) is 9.07. The summed E-state index contributed by atoms with van der Waals surface area (Å²) in [6, 6.07) is 7.21. The Morgan fingerprint density at radius 1 is 1.26 bits per heavy atom. The summed E-state index contributed by atoms with van der Waals surface area (Å²) in [4.78, 5) is 0.372. The zero-order valence-corrected chi connectivity index (χ0v) is 14.5. The summed E-state index contributed by atoms with van der Waals surface area (Å²) in [6.45, 7) is 0.583. The SMILES string of the molecule is O=S(=O)(c1ccccc1Br)N(CCCBr)C1CCC1. The van der Waals surface area contributed by atoms with Crippen molar-refractivity contribution in [2.75, 3.05) is 11.9 Å². The second-order valence-corrected chi connectivity index (χ2v) is 8.18. The van der Waals surface area contributed by atoms with E-state index in [9.17, 15) is 8.42 Å². The fraction of sp³-hybridized carbons (Fsp3) is 0.538. The molecule has 0 atom stereocenters. The molecule has 1 aromatic carbocycles. The molecule has 3 nitrogen and oxygen atoms in total. The zero-order chi connectivity index (χ0) is 13.9. The molecule has 1 aliphatic carbocycles. The minimum absolute atomic E-state index is 0.177. The maximum Gasteiger partial charge on any atom is 0.244 e. The smallest absolute Gasteiger partial charge is 0.207 e. The molecule has 0 N–H and O–H groups in total. The van der Waals surface area contributed by atoms with Crippen LogP contribution >= 0.6 is 31.9 Å². The molecule has 19 heavy (non-hydrogen) atoms. The van der Waals surface area contributed by atoms with Crippen LogP contribution in [-0.4, -0.2) is 30.6 Å². The van der Waals surface area contributed by atoms with Gasteiger partial charge in [0.25, 0.3) is 0 Å². The molecule has 1 saturated carbocycles. The number of sulfonamides is 1. The van der Waals surface area contributed by atoms with E-state index in [-0.39, 0.29) is 6.04 Å². The third-order valence-electron chi connectivity index (χ3n) is 3.42. The Hall–Kier alpha value is 0.0900. The maximum absolute atomic E-state index is 12.8. The van der Waals surface area contributed by atoms with Crippen LogP contribution in [0.4, 0.5) is 0 Å². The van der Waals surface area contributed by atoms with Crippen LogP contribution in [0.1, 0.15) is 25.7 Å². The van der Waals surface area contributed by atoms with Crippen LogP contribution in [0, 0.1) is 0 Å². The maximum atomic E-state index is 12.8. The average Bonchev–Trinajstić information content (AvgIpc) is 2.32. The Bertz CT molecular complexity index is 529. The Morgan fingerprint density at radius 2 is 1.95 bits per heavy atom. The molecule has 0 aromatic heterocycles. The lowest BCUT2D eigenvalue weighted by Gasteiger charge is -2.36. The number of hydrogen-bond donors (Lipinski definition) is 0. The third kappa shape index (κ3) is 3.40. The second-order valence-electron chi connectivity index (χ2n) is 4.67. The van der Waals surface area contributed by atoms with Crippen molar-refractivity contribution in [3.05, 3.63) is 28.7 Å². The van der Waals surface area contributed by atoms with E-state index < -0.39 is 10.0 Å². The third-order valence-corrected chi connectivity index (χ3v) is 6.94. The predicted octanol–water partition coefficient (Wildman–Crippen LogP) is 3.78. The highest BCUT2D eigenvalue weighted by Gasteiger charge is 2.35. The number of benzene rings is 1. The minimum Gasteiger partial charge on any atom is -0.207 e. The van der Waals surface area contributed by atoms with Gasteiger partial charge in [0.2, 0.25) is 10.0 Å². The van der Waals surface area contributed by atoms with Crippen molar-refractivity contribution >= 4 is 41.9 Å². The number of nitrogens with zero attached hydrogens (tertiary/aromatic N) is 1. The lowest BCUT2D eigenvalue weighted by atomic mass is 9.93. The largest absolute Gasteiger partial charge is 0.244 e. The highest BCUT2D eigenvalue weighted by Crippen LogP contribution is 2.32. The van der Waals surface area contributed by atoms with E-state index in [1.54, 1.807) is 22.5 Å². The second kappa shape index (κ2) is 6.70. The molecule has 0 spiro atoms. The topological polar surface area (TPSA) is 37.4 Å². The molecular formula is C13H17Br2NO2S. The van der Waals surface area contributed by atoms with Gasteiger partial charge in [-0.1, -0.05) is 34.5 Å². The first kappa shape index (κ1) is 15.5. The highest BCUT2D eigenvalue weighted by atomic mass is 79.9. The Morgan fingerprint density at radius 3 is 2.47 bits per heavy atom. The molecular weight excluding hydrogens is 394 g/mol. The van der Waals surface area contributed by atoms with Gasteiger partial charge >= 0.3 is 0 Å². The molecule has 0 amide bonds. The number of hydrogen-bond acceptors (Lipinski definition) is 2. The Labute approximate surface area is 131 Å². The first-order valence-electron chi connectivity index (χ1n) is 6.39. The Balaban J connectivity index is 2.31. The molecule has 0 saturated heterocycles. The van der Waals surface area contributed by atoms with Crippen molar-refractivity contribution < 1.29 is 8.42 Å². The van der Waals surface area contributed by atoms with E-state index in [1.807, 2.05) is 6.07 Å². The van der Waals surface area contributed by atoms with Crippen LogP contribution in [0.3, 0.4) is 0 Å². The van der Waals surface area contributed by atoms with Crippen LogP contribution in [-0.2, 0) is 10.0 Å². The monoisotopic (exact) mass is 409 g/mol. The normalized spacial score (nSPS) is 16.6. The van der Waals surface area contributed by atoms with Gasteiger partial charge < -0.3 is 0 Å². The molecule has 1 aliphatic rings. The summed E-state index contributed by atoms with van der Waals surface area (Å²) in [5.74, 6) is 0. The van der Waals surface area contributed by atoms with Crippen LogP contribution in [0.25, 0.3) is 0 Å². The molecule has 0 unspecified atom stereocenters. The molecule has 6 heteroatoms. The standard InChI is InChI=1S/C13H17Br2NO2S/c14-9-4-10-16(11-5-3-6-11)19(17,18)13-8-2-1-7-12(13)15/h1-2,7-8,11H,3-6,9-10H2. The van der Waals surface area contributed by atoms with Crippen LogP contribution in [0.15, 0.2) is 33.6 Å². The van der Waals surface area contributed by atoms with Crippen molar-refractivity contribution in [2.24, 2.45) is 0 Å². The van der Waals surface area contributed by atoms with E-state index in [2.05, 4.69) is 31.9 Å². The molecule has 0 bridgehead atoms. The van der Waals surface area contributed by atoms with Crippen molar-refractivity contribution in [3.63, 3.8) is 0 Å². The van der Waals surface area contributed by atoms with Crippen LogP contribution < -0.4 is 0 Å². The van der Waals surface area contributed by atoms with Crippen LogP contribution in [0.2, 0.25) is 0 Å². The lowest BCUT2D eigenvalue weighted by molar-refractivity contribution is 0.220. The zero-order valence-electron chi connectivity index (χ0n) is 10.6. The van der Waals surface area contributed by atoms with Crippen LogP contribution in [0.5, 0.6) is 0 Å². The van der Waals surface area contributed by atoms with Gasteiger partial charge in [0, 0.05) is 22.4 Å². The van der Waals surface area contributed by atoms with E-state index in [0.717, 1.165) is 31.0 Å². The molecule has 106 valence electrons. The van der Waals surface area contributed by atoms with Gasteiger partial charge in [-0.15, -0.1) is 0 Å².